The second kappa shape index (κ2) is 4.28. The summed E-state index contributed by atoms with van der Waals surface area (Å²) in [6, 6.07) is 2.41. The zero-order valence-corrected chi connectivity index (χ0v) is 10.5. The molecule has 2 rings (SSSR count). The Morgan fingerprint density at radius 3 is 2.35 bits per heavy atom. The molecular weight excluding hydrogens is 222 g/mol. The van der Waals surface area contributed by atoms with E-state index in [1.54, 1.807) is 0 Å². The van der Waals surface area contributed by atoms with Gasteiger partial charge in [-0.25, -0.2) is 8.78 Å². The largest absolute Gasteiger partial charge is 0.490 e. The van der Waals surface area contributed by atoms with Gasteiger partial charge in [-0.1, -0.05) is 20.8 Å². The highest BCUT2D eigenvalue weighted by molar-refractivity contribution is 5.35. The highest BCUT2D eigenvalue weighted by atomic mass is 19.1. The van der Waals surface area contributed by atoms with E-state index in [0.29, 0.717) is 18.1 Å². The molecule has 1 aromatic rings. The molecule has 1 fully saturated rings. The molecule has 0 spiro atoms. The highest BCUT2D eigenvalue weighted by Gasteiger charge is 2.24. The van der Waals surface area contributed by atoms with Crippen molar-refractivity contribution in [2.45, 2.75) is 39.0 Å². The first-order chi connectivity index (χ1) is 7.88. The van der Waals surface area contributed by atoms with Gasteiger partial charge in [0.2, 0.25) is 0 Å². The summed E-state index contributed by atoms with van der Waals surface area (Å²) in [4.78, 5) is 0. The minimum atomic E-state index is -0.615. The lowest BCUT2D eigenvalue weighted by atomic mass is 9.86. The standard InChI is InChI=1S/C14H18F2O/c1-14(2,3)10-6-13(12(16)7-11(10)15)17-8-9-4-5-9/h6-7,9H,4-5,8H2,1-3H3. The zero-order chi connectivity index (χ0) is 12.6. The first-order valence-electron chi connectivity index (χ1n) is 6.00. The van der Waals surface area contributed by atoms with Crippen molar-refractivity contribution in [2.24, 2.45) is 5.92 Å². The van der Waals surface area contributed by atoms with Gasteiger partial charge in [0.25, 0.3) is 0 Å². The lowest BCUT2D eigenvalue weighted by Gasteiger charge is -2.21. The molecule has 0 aliphatic heterocycles. The molecule has 0 aromatic heterocycles. The summed E-state index contributed by atoms with van der Waals surface area (Å²) in [6.45, 7) is 6.22. The average Bonchev–Trinajstić information content (AvgIpc) is 2.98. The summed E-state index contributed by atoms with van der Waals surface area (Å²) in [5.41, 5.74) is 0.139. The summed E-state index contributed by atoms with van der Waals surface area (Å²) >= 11 is 0. The number of ether oxygens (including phenoxy) is 1. The van der Waals surface area contributed by atoms with E-state index >= 15 is 0 Å². The van der Waals surface area contributed by atoms with Gasteiger partial charge < -0.3 is 4.74 Å². The van der Waals surface area contributed by atoms with E-state index in [2.05, 4.69) is 0 Å². The Balaban J connectivity index is 2.24. The Hall–Kier alpha value is -1.12. The fourth-order valence-corrected chi connectivity index (χ4v) is 1.71. The highest BCUT2D eigenvalue weighted by Crippen LogP contribution is 2.33. The number of halogens is 2. The summed E-state index contributed by atoms with van der Waals surface area (Å²) in [5, 5.41) is 0. The van der Waals surface area contributed by atoms with Crippen molar-refractivity contribution >= 4 is 0 Å². The topological polar surface area (TPSA) is 9.23 Å². The Labute approximate surface area is 101 Å². The Kier molecular flexibility index (Phi) is 3.11. The molecule has 0 amide bonds. The Bertz CT molecular complexity index is 417. The number of hydrogen-bond acceptors (Lipinski definition) is 1. The molecule has 0 bridgehead atoms. The minimum absolute atomic E-state index is 0.170. The van der Waals surface area contributed by atoms with Crippen molar-refractivity contribution in [1.29, 1.82) is 0 Å². The summed E-state index contributed by atoms with van der Waals surface area (Å²) in [7, 11) is 0. The van der Waals surface area contributed by atoms with Gasteiger partial charge in [0.15, 0.2) is 11.6 Å². The maximum Gasteiger partial charge on any atom is 0.167 e. The molecule has 1 saturated carbocycles. The normalized spacial score (nSPS) is 16.1. The van der Waals surface area contributed by atoms with Crippen LogP contribution >= 0.6 is 0 Å². The summed E-state index contributed by atoms with van der Waals surface area (Å²) < 4.78 is 32.6. The Morgan fingerprint density at radius 2 is 1.82 bits per heavy atom. The van der Waals surface area contributed by atoms with E-state index in [1.165, 1.54) is 6.07 Å². The smallest absolute Gasteiger partial charge is 0.167 e. The average molecular weight is 240 g/mol. The van der Waals surface area contributed by atoms with Crippen LogP contribution in [-0.2, 0) is 5.41 Å². The molecule has 0 radical (unpaired) electrons. The van der Waals surface area contributed by atoms with Gasteiger partial charge in [0.1, 0.15) is 5.82 Å². The van der Waals surface area contributed by atoms with Crippen LogP contribution in [0.25, 0.3) is 0 Å². The second-order valence-corrected chi connectivity index (χ2v) is 5.77. The maximum absolute atomic E-state index is 13.6. The summed E-state index contributed by atoms with van der Waals surface area (Å²) in [6.07, 6.45) is 2.30. The van der Waals surface area contributed by atoms with E-state index in [9.17, 15) is 8.78 Å². The number of hydrogen-bond donors (Lipinski definition) is 0. The van der Waals surface area contributed by atoms with Crippen LogP contribution in [0.2, 0.25) is 0 Å². The van der Waals surface area contributed by atoms with Gasteiger partial charge in [-0.2, -0.15) is 0 Å². The second-order valence-electron chi connectivity index (χ2n) is 5.77. The predicted octanol–water partition coefficient (Wildman–Crippen LogP) is 4.05. The van der Waals surface area contributed by atoms with Crippen LogP contribution in [0, 0.1) is 17.6 Å². The van der Waals surface area contributed by atoms with Crippen molar-refractivity contribution < 1.29 is 13.5 Å². The zero-order valence-electron chi connectivity index (χ0n) is 10.5. The van der Waals surface area contributed by atoms with Crippen LogP contribution in [0.3, 0.4) is 0 Å². The van der Waals surface area contributed by atoms with Crippen LogP contribution in [0.5, 0.6) is 5.75 Å². The molecule has 3 heteroatoms. The molecule has 1 aliphatic rings. The van der Waals surface area contributed by atoms with E-state index < -0.39 is 11.6 Å². The van der Waals surface area contributed by atoms with Crippen LogP contribution < -0.4 is 4.74 Å². The van der Waals surface area contributed by atoms with Crippen molar-refractivity contribution in [3.8, 4) is 5.75 Å². The van der Waals surface area contributed by atoms with Crippen LogP contribution in [0.4, 0.5) is 8.78 Å². The van der Waals surface area contributed by atoms with Gasteiger partial charge in [-0.15, -0.1) is 0 Å². The lowest BCUT2D eigenvalue weighted by molar-refractivity contribution is 0.283. The Morgan fingerprint density at radius 1 is 1.18 bits per heavy atom. The molecule has 0 unspecified atom stereocenters. The third-order valence-corrected chi connectivity index (χ3v) is 3.00. The lowest BCUT2D eigenvalue weighted by Crippen LogP contribution is -2.14. The molecular formula is C14H18F2O. The molecule has 1 aromatic carbocycles. The van der Waals surface area contributed by atoms with Gasteiger partial charge in [0.05, 0.1) is 6.61 Å². The van der Waals surface area contributed by atoms with Crippen molar-refractivity contribution in [3.05, 3.63) is 29.3 Å². The first-order valence-corrected chi connectivity index (χ1v) is 6.00. The van der Waals surface area contributed by atoms with Crippen LogP contribution in [-0.4, -0.2) is 6.61 Å². The first kappa shape index (κ1) is 12.3. The SMILES string of the molecule is CC(C)(C)c1cc(OCC2CC2)c(F)cc1F. The van der Waals surface area contributed by atoms with Gasteiger partial charge in [-0.05, 0) is 35.8 Å². The van der Waals surface area contributed by atoms with E-state index in [-0.39, 0.29) is 11.2 Å². The molecule has 0 N–H and O–H groups in total. The molecule has 0 atom stereocenters. The fourth-order valence-electron chi connectivity index (χ4n) is 1.71. The third-order valence-electron chi connectivity index (χ3n) is 3.00. The molecule has 94 valence electrons. The third kappa shape index (κ3) is 2.96. The van der Waals surface area contributed by atoms with E-state index in [1.807, 2.05) is 20.8 Å². The summed E-state index contributed by atoms with van der Waals surface area (Å²) in [5.74, 6) is -0.398. The quantitative estimate of drug-likeness (QED) is 0.774. The molecule has 1 nitrogen and oxygen atoms in total. The van der Waals surface area contributed by atoms with Crippen molar-refractivity contribution in [1.82, 2.24) is 0 Å². The molecule has 0 heterocycles. The van der Waals surface area contributed by atoms with Crippen molar-refractivity contribution in [3.63, 3.8) is 0 Å². The molecule has 1 aliphatic carbocycles. The van der Waals surface area contributed by atoms with E-state index in [4.69, 9.17) is 4.74 Å². The van der Waals surface area contributed by atoms with Crippen molar-refractivity contribution in [2.75, 3.05) is 6.61 Å². The maximum atomic E-state index is 13.6. The predicted molar refractivity (Wildman–Crippen MR) is 63.3 cm³/mol. The number of rotatable bonds is 3. The fraction of sp³-hybridized carbons (Fsp3) is 0.571. The molecule has 17 heavy (non-hydrogen) atoms. The minimum Gasteiger partial charge on any atom is -0.490 e. The van der Waals surface area contributed by atoms with Crippen LogP contribution in [0.1, 0.15) is 39.2 Å². The van der Waals surface area contributed by atoms with Gasteiger partial charge in [0, 0.05) is 6.07 Å². The van der Waals surface area contributed by atoms with Gasteiger partial charge >= 0.3 is 0 Å². The monoisotopic (exact) mass is 240 g/mol. The van der Waals surface area contributed by atoms with Gasteiger partial charge in [-0.3, -0.25) is 0 Å². The van der Waals surface area contributed by atoms with Crippen LogP contribution in [0.15, 0.2) is 12.1 Å². The van der Waals surface area contributed by atoms with E-state index in [0.717, 1.165) is 18.9 Å². The number of benzene rings is 1. The molecule has 0 saturated heterocycles.